The van der Waals surface area contributed by atoms with Gasteiger partial charge in [0.25, 0.3) is 0 Å². The Morgan fingerprint density at radius 3 is 2.75 bits per heavy atom. The summed E-state index contributed by atoms with van der Waals surface area (Å²) in [6.07, 6.45) is 0. The summed E-state index contributed by atoms with van der Waals surface area (Å²) in [7, 11) is 1.60. The lowest BCUT2D eigenvalue weighted by atomic mass is 10.2. The average Bonchev–Trinajstić information content (AvgIpc) is 2.93. The summed E-state index contributed by atoms with van der Waals surface area (Å²) in [6.45, 7) is 6.21. The summed E-state index contributed by atoms with van der Waals surface area (Å²) in [5, 5.41) is 5.14. The highest BCUT2D eigenvalue weighted by Gasteiger charge is 2.19. The van der Waals surface area contributed by atoms with Crippen molar-refractivity contribution >= 4 is 34.7 Å². The number of H-pyrrole nitrogens is 1. The molecule has 1 atom stereocenters. The van der Waals surface area contributed by atoms with Crippen molar-refractivity contribution < 1.29 is 14.3 Å². The fraction of sp³-hybridized carbons (Fsp3) is 0.438. The zero-order valence-corrected chi connectivity index (χ0v) is 15.0. The molecular weight excluding hydrogens is 328 g/mol. The van der Waals surface area contributed by atoms with Crippen LogP contribution in [0.1, 0.15) is 20.8 Å². The van der Waals surface area contributed by atoms with Gasteiger partial charge in [-0.15, -0.1) is 0 Å². The first-order valence-electron chi connectivity index (χ1n) is 7.68. The van der Waals surface area contributed by atoms with Gasteiger partial charge in [-0.3, -0.25) is 10.1 Å². The number of aromatic amines is 1. The first-order valence-corrected chi connectivity index (χ1v) is 8.56. The van der Waals surface area contributed by atoms with Gasteiger partial charge in [-0.25, -0.2) is 9.78 Å². The number of aromatic nitrogens is 2. The predicted molar refractivity (Wildman–Crippen MR) is 94.3 cm³/mol. The fourth-order valence-electron chi connectivity index (χ4n) is 1.92. The molecule has 0 aliphatic heterocycles. The van der Waals surface area contributed by atoms with Gasteiger partial charge in [0.1, 0.15) is 5.75 Å². The van der Waals surface area contributed by atoms with Gasteiger partial charge in [-0.05, 0) is 25.0 Å². The maximum Gasteiger partial charge on any atom is 0.321 e. The molecule has 2 aromatic rings. The molecule has 1 heterocycles. The molecule has 1 aromatic heterocycles. The molecule has 2 rings (SSSR count). The number of nitrogens with zero attached hydrogens (tertiary/aromatic N) is 1. The van der Waals surface area contributed by atoms with E-state index < -0.39 is 11.3 Å². The van der Waals surface area contributed by atoms with E-state index in [9.17, 15) is 9.59 Å². The number of imide groups is 1. The minimum Gasteiger partial charge on any atom is -0.497 e. The van der Waals surface area contributed by atoms with Crippen LogP contribution in [0.3, 0.4) is 0 Å². The molecule has 8 heteroatoms. The van der Waals surface area contributed by atoms with E-state index in [-0.39, 0.29) is 5.91 Å². The lowest BCUT2D eigenvalue weighted by Crippen LogP contribution is -2.43. The maximum atomic E-state index is 12.1. The number of carbonyl (C=O) groups is 2. The van der Waals surface area contributed by atoms with Crippen LogP contribution in [-0.4, -0.2) is 40.8 Å². The van der Waals surface area contributed by atoms with Crippen LogP contribution in [-0.2, 0) is 4.79 Å². The van der Waals surface area contributed by atoms with Gasteiger partial charge in [0.2, 0.25) is 5.91 Å². The SMILES string of the molecule is COc1ccc2nc(S[C@@H](C)C(=O)NC(=O)NCC(C)C)[nH]c2c1. The van der Waals surface area contributed by atoms with E-state index in [1.807, 2.05) is 32.0 Å². The molecule has 0 bridgehead atoms. The zero-order chi connectivity index (χ0) is 17.7. The van der Waals surface area contributed by atoms with Gasteiger partial charge in [0, 0.05) is 12.6 Å². The number of thioether (sulfide) groups is 1. The fourth-order valence-corrected chi connectivity index (χ4v) is 2.74. The molecule has 0 saturated heterocycles. The molecule has 0 unspecified atom stereocenters. The summed E-state index contributed by atoms with van der Waals surface area (Å²) < 4.78 is 5.17. The third-order valence-corrected chi connectivity index (χ3v) is 4.22. The Morgan fingerprint density at radius 1 is 1.33 bits per heavy atom. The number of rotatable bonds is 6. The van der Waals surface area contributed by atoms with Crippen molar-refractivity contribution in [3.05, 3.63) is 18.2 Å². The molecule has 3 amide bonds. The van der Waals surface area contributed by atoms with Gasteiger partial charge in [-0.2, -0.15) is 0 Å². The van der Waals surface area contributed by atoms with Crippen LogP contribution in [0.15, 0.2) is 23.4 Å². The largest absolute Gasteiger partial charge is 0.497 e. The smallest absolute Gasteiger partial charge is 0.321 e. The molecule has 0 saturated carbocycles. The van der Waals surface area contributed by atoms with Gasteiger partial charge in [-0.1, -0.05) is 25.6 Å². The van der Waals surface area contributed by atoms with Crippen molar-refractivity contribution in [2.45, 2.75) is 31.2 Å². The molecule has 1 aromatic carbocycles. The number of amides is 3. The van der Waals surface area contributed by atoms with Crippen LogP contribution in [0.2, 0.25) is 0 Å². The Kier molecular flexibility index (Phi) is 6.08. The highest BCUT2D eigenvalue weighted by molar-refractivity contribution is 8.00. The Labute approximate surface area is 144 Å². The van der Waals surface area contributed by atoms with Gasteiger partial charge in [0.05, 0.1) is 23.4 Å². The van der Waals surface area contributed by atoms with Gasteiger partial charge >= 0.3 is 6.03 Å². The topological polar surface area (TPSA) is 96.1 Å². The van der Waals surface area contributed by atoms with Crippen LogP contribution in [0.25, 0.3) is 11.0 Å². The number of hydrogen-bond acceptors (Lipinski definition) is 5. The average molecular weight is 350 g/mol. The van der Waals surface area contributed by atoms with E-state index in [1.54, 1.807) is 14.0 Å². The number of carbonyl (C=O) groups excluding carboxylic acids is 2. The molecule has 0 spiro atoms. The number of imidazole rings is 1. The maximum absolute atomic E-state index is 12.1. The zero-order valence-electron chi connectivity index (χ0n) is 14.2. The van der Waals surface area contributed by atoms with E-state index in [1.165, 1.54) is 11.8 Å². The van der Waals surface area contributed by atoms with Crippen molar-refractivity contribution in [2.75, 3.05) is 13.7 Å². The van der Waals surface area contributed by atoms with Crippen molar-refractivity contribution in [1.82, 2.24) is 20.6 Å². The normalized spacial score (nSPS) is 12.2. The minimum absolute atomic E-state index is 0.324. The van der Waals surface area contributed by atoms with E-state index in [2.05, 4.69) is 20.6 Å². The number of benzene rings is 1. The van der Waals surface area contributed by atoms with Crippen molar-refractivity contribution in [1.29, 1.82) is 0 Å². The molecule has 3 N–H and O–H groups in total. The first-order chi connectivity index (χ1) is 11.4. The van der Waals surface area contributed by atoms with E-state index in [0.717, 1.165) is 16.8 Å². The molecule has 7 nitrogen and oxygen atoms in total. The monoisotopic (exact) mass is 350 g/mol. The van der Waals surface area contributed by atoms with Crippen LogP contribution >= 0.6 is 11.8 Å². The Balaban J connectivity index is 1.94. The number of fused-ring (bicyclic) bond motifs is 1. The molecule has 24 heavy (non-hydrogen) atoms. The second-order valence-electron chi connectivity index (χ2n) is 5.78. The lowest BCUT2D eigenvalue weighted by molar-refractivity contribution is -0.119. The third kappa shape index (κ3) is 4.89. The van der Waals surface area contributed by atoms with E-state index in [0.29, 0.717) is 17.6 Å². The quantitative estimate of drug-likeness (QED) is 0.696. The first kappa shape index (κ1) is 18.1. The Bertz CT molecular complexity index is 729. The Hall–Kier alpha value is -2.22. The van der Waals surface area contributed by atoms with Crippen LogP contribution in [0.4, 0.5) is 4.79 Å². The van der Waals surface area contributed by atoms with Gasteiger partial charge in [0.15, 0.2) is 5.16 Å². The predicted octanol–water partition coefficient (Wildman–Crippen LogP) is 2.53. The van der Waals surface area contributed by atoms with Crippen molar-refractivity contribution in [3.8, 4) is 5.75 Å². The van der Waals surface area contributed by atoms with Crippen LogP contribution < -0.4 is 15.4 Å². The number of ether oxygens (including phenoxy) is 1. The molecule has 0 aliphatic carbocycles. The van der Waals surface area contributed by atoms with Crippen LogP contribution in [0, 0.1) is 5.92 Å². The molecule has 0 aliphatic rings. The van der Waals surface area contributed by atoms with Gasteiger partial charge < -0.3 is 15.0 Å². The molecule has 130 valence electrons. The third-order valence-electron chi connectivity index (χ3n) is 3.23. The Morgan fingerprint density at radius 2 is 2.08 bits per heavy atom. The summed E-state index contributed by atoms with van der Waals surface area (Å²) in [5.41, 5.74) is 1.62. The number of methoxy groups -OCH3 is 1. The van der Waals surface area contributed by atoms with E-state index in [4.69, 9.17) is 4.74 Å². The summed E-state index contributed by atoms with van der Waals surface area (Å²) >= 11 is 1.26. The highest BCUT2D eigenvalue weighted by Crippen LogP contribution is 2.25. The van der Waals surface area contributed by atoms with Crippen molar-refractivity contribution in [3.63, 3.8) is 0 Å². The number of urea groups is 1. The van der Waals surface area contributed by atoms with Crippen LogP contribution in [0.5, 0.6) is 5.75 Å². The molecular formula is C16H22N4O3S. The van der Waals surface area contributed by atoms with E-state index >= 15 is 0 Å². The standard InChI is InChI=1S/C16H22N4O3S/c1-9(2)8-17-15(22)20-14(21)10(3)24-16-18-12-6-5-11(23-4)7-13(12)19-16/h5-7,9-10H,8H2,1-4H3,(H,18,19)(H2,17,20,21,22)/t10-/m0/s1. The summed E-state index contributed by atoms with van der Waals surface area (Å²) in [4.78, 5) is 31.3. The highest BCUT2D eigenvalue weighted by atomic mass is 32.2. The van der Waals surface area contributed by atoms with Crippen molar-refractivity contribution in [2.24, 2.45) is 5.92 Å². The number of hydrogen-bond donors (Lipinski definition) is 3. The molecule has 0 fully saturated rings. The summed E-state index contributed by atoms with van der Waals surface area (Å²) in [6, 6.07) is 5.04. The second-order valence-corrected chi connectivity index (χ2v) is 7.11. The molecule has 0 radical (unpaired) electrons. The minimum atomic E-state index is -0.476. The second kappa shape index (κ2) is 8.05. The summed E-state index contributed by atoms with van der Waals surface area (Å²) in [5.74, 6) is 0.694. The lowest BCUT2D eigenvalue weighted by Gasteiger charge is -2.11. The number of nitrogens with one attached hydrogen (secondary N) is 3.